The van der Waals surface area contributed by atoms with E-state index in [9.17, 15) is 0 Å². The van der Waals surface area contributed by atoms with Crippen molar-refractivity contribution in [3.05, 3.63) is 69.2 Å². The van der Waals surface area contributed by atoms with E-state index in [1.165, 1.54) is 4.88 Å². The van der Waals surface area contributed by atoms with E-state index in [1.54, 1.807) is 17.7 Å². The van der Waals surface area contributed by atoms with Gasteiger partial charge in [-0.3, -0.25) is 0 Å². The fraction of sp³-hybridized carbons (Fsp3) is 0.0526. The zero-order valence-electron chi connectivity index (χ0n) is 13.3. The Labute approximate surface area is 162 Å². The molecule has 1 N–H and O–H groups in total. The van der Waals surface area contributed by atoms with Crippen LogP contribution < -0.4 is 5.32 Å². The maximum Gasteiger partial charge on any atom is 0.143 e. The van der Waals surface area contributed by atoms with Crippen molar-refractivity contribution in [1.29, 1.82) is 0 Å². The Morgan fingerprint density at radius 3 is 2.64 bits per heavy atom. The van der Waals surface area contributed by atoms with Crippen LogP contribution in [0.15, 0.2) is 59.3 Å². The summed E-state index contributed by atoms with van der Waals surface area (Å²) in [4.78, 5) is 11.1. The van der Waals surface area contributed by atoms with Crippen LogP contribution in [-0.2, 0) is 0 Å². The highest BCUT2D eigenvalue weighted by atomic mass is 79.9. The number of fused-ring (bicyclic) bond motifs is 1. The molecule has 0 saturated carbocycles. The third-order valence-corrected chi connectivity index (χ3v) is 5.64. The Balaban J connectivity index is 1.89. The van der Waals surface area contributed by atoms with Crippen LogP contribution >= 0.6 is 38.9 Å². The lowest BCUT2D eigenvalue weighted by Crippen LogP contribution is -1.95. The Morgan fingerprint density at radius 1 is 1.08 bits per heavy atom. The van der Waals surface area contributed by atoms with Gasteiger partial charge in [0.2, 0.25) is 0 Å². The molecule has 0 aliphatic rings. The first kappa shape index (κ1) is 16.5. The number of rotatable bonds is 3. The van der Waals surface area contributed by atoms with Crippen molar-refractivity contribution in [3.63, 3.8) is 0 Å². The third-order valence-electron chi connectivity index (χ3n) is 3.88. The first-order valence-electron chi connectivity index (χ1n) is 7.64. The summed E-state index contributed by atoms with van der Waals surface area (Å²) in [5.74, 6) is 0.803. The molecule has 0 aliphatic carbocycles. The molecule has 4 rings (SSSR count). The molecule has 124 valence electrons. The van der Waals surface area contributed by atoms with Crippen molar-refractivity contribution < 1.29 is 0 Å². The summed E-state index contributed by atoms with van der Waals surface area (Å²) in [5.41, 5.74) is 3.23. The molecular formula is C19H13BrClN3S. The van der Waals surface area contributed by atoms with E-state index in [0.29, 0.717) is 0 Å². The van der Waals surface area contributed by atoms with Gasteiger partial charge in [-0.15, -0.1) is 11.3 Å². The number of aromatic nitrogens is 2. The van der Waals surface area contributed by atoms with Crippen LogP contribution in [0.2, 0.25) is 5.02 Å². The van der Waals surface area contributed by atoms with Gasteiger partial charge in [-0.25, -0.2) is 9.97 Å². The van der Waals surface area contributed by atoms with Gasteiger partial charge in [-0.1, -0.05) is 45.7 Å². The first-order valence-corrected chi connectivity index (χ1v) is 9.63. The van der Waals surface area contributed by atoms with E-state index in [-0.39, 0.29) is 0 Å². The van der Waals surface area contributed by atoms with Crippen LogP contribution in [0.1, 0.15) is 4.88 Å². The van der Waals surface area contributed by atoms with Crippen LogP contribution in [0.25, 0.3) is 21.3 Å². The summed E-state index contributed by atoms with van der Waals surface area (Å²) in [6.07, 6.45) is 1.60. The SMILES string of the molecule is Cc1sc2ncnc(Nc3cccc(Br)c3)c2c1-c1ccc(Cl)cc1. The van der Waals surface area contributed by atoms with Crippen LogP contribution in [-0.4, -0.2) is 9.97 Å². The number of hydrogen-bond acceptors (Lipinski definition) is 4. The Hall–Kier alpha value is -1.95. The number of benzene rings is 2. The van der Waals surface area contributed by atoms with Crippen molar-refractivity contribution in [2.24, 2.45) is 0 Å². The number of hydrogen-bond donors (Lipinski definition) is 1. The normalized spacial score (nSPS) is 11.0. The standard InChI is InChI=1S/C19H13BrClN3S/c1-11-16(12-5-7-14(21)8-6-12)17-18(22-10-23-19(17)25-11)24-15-4-2-3-13(20)9-15/h2-10H,1H3,(H,22,23,24). The molecular weight excluding hydrogens is 418 g/mol. The monoisotopic (exact) mass is 429 g/mol. The molecule has 3 nitrogen and oxygen atoms in total. The summed E-state index contributed by atoms with van der Waals surface area (Å²) in [6.45, 7) is 2.11. The Morgan fingerprint density at radius 2 is 1.88 bits per heavy atom. The molecule has 4 aromatic rings. The predicted molar refractivity (Wildman–Crippen MR) is 110 cm³/mol. The van der Waals surface area contributed by atoms with Gasteiger partial charge in [0.25, 0.3) is 0 Å². The van der Waals surface area contributed by atoms with Crippen molar-refractivity contribution in [1.82, 2.24) is 9.97 Å². The van der Waals surface area contributed by atoms with Crippen molar-refractivity contribution in [3.8, 4) is 11.1 Å². The van der Waals surface area contributed by atoms with Gasteiger partial charge < -0.3 is 5.32 Å². The van der Waals surface area contributed by atoms with Gasteiger partial charge in [0.05, 0.1) is 5.39 Å². The molecule has 25 heavy (non-hydrogen) atoms. The predicted octanol–water partition coefficient (Wildman–Crippen LogP) is 6.83. The molecule has 0 bridgehead atoms. The highest BCUT2D eigenvalue weighted by Gasteiger charge is 2.17. The molecule has 2 heterocycles. The summed E-state index contributed by atoms with van der Waals surface area (Å²) in [6, 6.07) is 15.9. The molecule has 0 fully saturated rings. The third kappa shape index (κ3) is 3.27. The lowest BCUT2D eigenvalue weighted by molar-refractivity contribution is 1.23. The van der Waals surface area contributed by atoms with E-state index in [1.807, 2.05) is 48.5 Å². The van der Waals surface area contributed by atoms with E-state index in [4.69, 9.17) is 11.6 Å². The van der Waals surface area contributed by atoms with E-state index < -0.39 is 0 Å². The largest absolute Gasteiger partial charge is 0.340 e. The number of thiophene rings is 1. The number of nitrogens with one attached hydrogen (secondary N) is 1. The topological polar surface area (TPSA) is 37.8 Å². The van der Waals surface area contributed by atoms with Gasteiger partial charge in [-0.2, -0.15) is 0 Å². The van der Waals surface area contributed by atoms with Crippen LogP contribution in [0.4, 0.5) is 11.5 Å². The fourth-order valence-corrected chi connectivity index (χ4v) is 4.34. The summed E-state index contributed by atoms with van der Waals surface area (Å²) in [5, 5.41) is 5.18. The zero-order valence-corrected chi connectivity index (χ0v) is 16.4. The maximum atomic E-state index is 6.05. The highest BCUT2D eigenvalue weighted by Crippen LogP contribution is 2.41. The summed E-state index contributed by atoms with van der Waals surface area (Å²) >= 11 is 11.2. The smallest absolute Gasteiger partial charge is 0.143 e. The Kier molecular flexibility index (Phi) is 4.46. The quantitative estimate of drug-likeness (QED) is 0.387. The zero-order chi connectivity index (χ0) is 17.4. The Bertz CT molecular complexity index is 1060. The maximum absolute atomic E-state index is 6.05. The van der Waals surface area contributed by atoms with Gasteiger partial charge in [0.1, 0.15) is 17.0 Å². The lowest BCUT2D eigenvalue weighted by Gasteiger charge is -2.09. The molecule has 0 radical (unpaired) electrons. The number of nitrogens with zero attached hydrogens (tertiary/aromatic N) is 2. The minimum Gasteiger partial charge on any atom is -0.340 e. The van der Waals surface area contributed by atoms with Crippen LogP contribution in [0.5, 0.6) is 0 Å². The molecule has 0 atom stereocenters. The lowest BCUT2D eigenvalue weighted by atomic mass is 10.0. The average molecular weight is 431 g/mol. The minimum absolute atomic E-state index is 0.727. The molecule has 0 unspecified atom stereocenters. The minimum atomic E-state index is 0.727. The van der Waals surface area contributed by atoms with Gasteiger partial charge in [0.15, 0.2) is 0 Å². The number of anilines is 2. The second-order valence-corrected chi connectivity index (χ2v) is 8.13. The summed E-state index contributed by atoms with van der Waals surface area (Å²) in [7, 11) is 0. The van der Waals surface area contributed by atoms with Crippen molar-refractivity contribution in [2.45, 2.75) is 6.92 Å². The second-order valence-electron chi connectivity index (χ2n) is 5.58. The molecule has 2 aromatic heterocycles. The van der Waals surface area contributed by atoms with Crippen LogP contribution in [0.3, 0.4) is 0 Å². The van der Waals surface area contributed by atoms with Crippen LogP contribution in [0, 0.1) is 6.92 Å². The molecule has 0 spiro atoms. The summed E-state index contributed by atoms with van der Waals surface area (Å²) < 4.78 is 1.02. The molecule has 0 saturated heterocycles. The van der Waals surface area contributed by atoms with Crippen molar-refractivity contribution >= 4 is 60.6 Å². The first-order chi connectivity index (χ1) is 12.1. The van der Waals surface area contributed by atoms with E-state index >= 15 is 0 Å². The number of halogens is 2. The average Bonchev–Trinajstić information content (AvgIpc) is 2.93. The molecule has 0 amide bonds. The fourth-order valence-electron chi connectivity index (χ4n) is 2.81. The van der Waals surface area contributed by atoms with Gasteiger partial charge in [0, 0.05) is 25.6 Å². The highest BCUT2D eigenvalue weighted by molar-refractivity contribution is 9.10. The van der Waals surface area contributed by atoms with Crippen molar-refractivity contribution in [2.75, 3.05) is 5.32 Å². The second kappa shape index (κ2) is 6.75. The van der Waals surface area contributed by atoms with E-state index in [2.05, 4.69) is 38.1 Å². The van der Waals surface area contributed by atoms with E-state index in [0.717, 1.165) is 42.3 Å². The molecule has 2 aromatic carbocycles. The molecule has 0 aliphatic heterocycles. The van der Waals surface area contributed by atoms with Gasteiger partial charge >= 0.3 is 0 Å². The van der Waals surface area contributed by atoms with Gasteiger partial charge in [-0.05, 0) is 42.8 Å². The molecule has 6 heteroatoms. The number of aryl methyl sites for hydroxylation is 1.